The van der Waals surface area contributed by atoms with Crippen molar-refractivity contribution in [3.63, 3.8) is 0 Å². The number of thiophene rings is 1. The fourth-order valence-electron chi connectivity index (χ4n) is 6.68. The molecule has 7 rings (SSSR count). The number of anilines is 1. The van der Waals surface area contributed by atoms with Crippen LogP contribution in [0.15, 0.2) is 120 Å². The molecule has 238 valence electrons. The number of fused-ring (bicyclic) bond motifs is 1. The lowest BCUT2D eigenvalue weighted by molar-refractivity contribution is -0.0408. The number of nitrogens with zero attached hydrogens (tertiary/aromatic N) is 3. The van der Waals surface area contributed by atoms with E-state index in [4.69, 9.17) is 5.73 Å². The van der Waals surface area contributed by atoms with Gasteiger partial charge in [-0.05, 0) is 70.8 Å². The summed E-state index contributed by atoms with van der Waals surface area (Å²) in [5, 5.41) is 36.8. The number of rotatable bonds is 9. The Bertz CT molecular complexity index is 1950. The topological polar surface area (TPSA) is 119 Å². The monoisotopic (exact) mass is 643 g/mol. The minimum absolute atomic E-state index is 0.225. The maximum atomic E-state index is 15.0. The zero-order chi connectivity index (χ0) is 32.3. The number of aromatic amines is 1. The second-order valence-electron chi connectivity index (χ2n) is 12.2. The maximum absolute atomic E-state index is 15.0. The maximum Gasteiger partial charge on any atom is 0.321 e. The van der Waals surface area contributed by atoms with Gasteiger partial charge in [-0.2, -0.15) is 16.4 Å². The normalized spacial score (nSPS) is 20.1. The van der Waals surface area contributed by atoms with Gasteiger partial charge in [-0.3, -0.25) is 5.10 Å². The van der Waals surface area contributed by atoms with Crippen molar-refractivity contribution in [2.24, 2.45) is 0 Å². The van der Waals surface area contributed by atoms with E-state index >= 15 is 0 Å². The number of aliphatic hydroxyl groups is 2. The predicted molar refractivity (Wildman–Crippen MR) is 187 cm³/mol. The van der Waals surface area contributed by atoms with Crippen molar-refractivity contribution in [1.29, 1.82) is 0 Å². The number of hydrogen-bond donors (Lipinski definition) is 4. The second-order valence-corrected chi connectivity index (χ2v) is 13.0. The average Bonchev–Trinajstić information content (AvgIpc) is 3.77. The van der Waals surface area contributed by atoms with Crippen molar-refractivity contribution in [2.75, 3.05) is 5.73 Å². The zero-order valence-electron chi connectivity index (χ0n) is 25.8. The Hall–Kier alpha value is -4.96. The lowest BCUT2D eigenvalue weighted by Gasteiger charge is -2.36. The molecule has 1 saturated heterocycles. The number of carbonyl (C=O) groups excluding carboxylic acids is 1. The summed E-state index contributed by atoms with van der Waals surface area (Å²) in [7, 11) is 0. The molecule has 0 radical (unpaired) electrons. The summed E-state index contributed by atoms with van der Waals surface area (Å²) >= 11 is 1.61. The van der Waals surface area contributed by atoms with Gasteiger partial charge < -0.3 is 25.7 Å². The summed E-state index contributed by atoms with van der Waals surface area (Å²) in [6, 6.07) is 33.5. The van der Waals surface area contributed by atoms with Gasteiger partial charge >= 0.3 is 6.03 Å². The molecule has 0 unspecified atom stereocenters. The van der Waals surface area contributed by atoms with Gasteiger partial charge in [0.2, 0.25) is 0 Å². The first-order valence-electron chi connectivity index (χ1n) is 15.8. The molecule has 2 amide bonds. The highest BCUT2D eigenvalue weighted by atomic mass is 32.1. The predicted octanol–water partition coefficient (Wildman–Crippen LogP) is 6.26. The largest absolute Gasteiger partial charge is 0.399 e. The van der Waals surface area contributed by atoms with E-state index in [1.165, 1.54) is 0 Å². The Morgan fingerprint density at radius 3 is 1.89 bits per heavy atom. The van der Waals surface area contributed by atoms with E-state index in [9.17, 15) is 15.0 Å². The smallest absolute Gasteiger partial charge is 0.321 e. The third-order valence-corrected chi connectivity index (χ3v) is 9.77. The van der Waals surface area contributed by atoms with Crippen LogP contribution in [0.25, 0.3) is 22.2 Å². The van der Waals surface area contributed by atoms with Gasteiger partial charge in [0.25, 0.3) is 0 Å². The number of urea groups is 1. The SMILES string of the molecule is Nc1cccc(CN2C(=O)N(Cc3ccc4[nH]nc(-c5ccsc5)c4c3)[C@H](Cc3ccccc3)[C@H](O)[C@@H](O)[C@H]2Cc2ccccc2)c1. The van der Waals surface area contributed by atoms with Crippen LogP contribution in [0.4, 0.5) is 10.5 Å². The molecule has 6 aromatic rings. The van der Waals surface area contributed by atoms with Gasteiger partial charge in [0.1, 0.15) is 17.9 Å². The van der Waals surface area contributed by atoms with Crippen LogP contribution in [0.3, 0.4) is 0 Å². The highest BCUT2D eigenvalue weighted by molar-refractivity contribution is 7.08. The number of benzene rings is 4. The lowest BCUT2D eigenvalue weighted by Crippen LogP contribution is -2.50. The van der Waals surface area contributed by atoms with Gasteiger partial charge in [0, 0.05) is 35.1 Å². The number of nitrogens with two attached hydrogens (primary N) is 1. The summed E-state index contributed by atoms with van der Waals surface area (Å²) in [5.41, 5.74) is 13.2. The van der Waals surface area contributed by atoms with Gasteiger partial charge in [0.05, 0.1) is 17.6 Å². The molecule has 0 saturated carbocycles. The third kappa shape index (κ3) is 6.51. The summed E-state index contributed by atoms with van der Waals surface area (Å²) in [6.45, 7) is 0.457. The number of aromatic nitrogens is 2. The van der Waals surface area contributed by atoms with Gasteiger partial charge in [-0.1, -0.05) is 78.9 Å². The minimum atomic E-state index is -1.21. The van der Waals surface area contributed by atoms with Crippen molar-refractivity contribution < 1.29 is 15.0 Å². The van der Waals surface area contributed by atoms with Crippen LogP contribution in [-0.4, -0.2) is 60.5 Å². The highest BCUT2D eigenvalue weighted by Gasteiger charge is 2.46. The standard InChI is InChI=1S/C38H37N5O3S/c39-30-13-7-12-27(18-30)22-42-33(20-25-8-3-1-4-9-25)36(44)37(45)34(21-26-10-5-2-6-11-26)43(38(42)46)23-28-14-15-32-31(19-28)35(41-40-32)29-16-17-47-24-29/h1-19,24,33-34,36-37,44-45H,20-23,39H2,(H,40,41)/t33-,34-,36+,37+/m1/s1. The number of H-pyrrole nitrogens is 1. The second kappa shape index (κ2) is 13.4. The Kier molecular flexibility index (Phi) is 8.76. The van der Waals surface area contributed by atoms with Crippen LogP contribution in [0.5, 0.6) is 0 Å². The first-order valence-corrected chi connectivity index (χ1v) is 16.7. The van der Waals surface area contributed by atoms with Gasteiger partial charge in [0.15, 0.2) is 0 Å². The Morgan fingerprint density at radius 2 is 1.32 bits per heavy atom. The summed E-state index contributed by atoms with van der Waals surface area (Å²) in [4.78, 5) is 18.4. The fourth-order valence-corrected chi connectivity index (χ4v) is 7.32. The van der Waals surface area contributed by atoms with Crippen molar-refractivity contribution in [2.45, 2.75) is 50.2 Å². The minimum Gasteiger partial charge on any atom is -0.399 e. The number of nitrogen functional groups attached to an aromatic ring is 1. The number of nitrogens with one attached hydrogen (secondary N) is 1. The van der Waals surface area contributed by atoms with Gasteiger partial charge in [-0.25, -0.2) is 4.79 Å². The molecule has 4 aromatic carbocycles. The molecule has 0 spiro atoms. The van der Waals surface area contributed by atoms with E-state index < -0.39 is 24.3 Å². The van der Waals surface area contributed by atoms with Crippen molar-refractivity contribution in [1.82, 2.24) is 20.0 Å². The molecule has 0 bridgehead atoms. The molecule has 9 heteroatoms. The molecule has 1 aliphatic heterocycles. The number of carbonyl (C=O) groups is 1. The molecule has 1 fully saturated rings. The fraction of sp³-hybridized carbons (Fsp3) is 0.211. The summed E-state index contributed by atoms with van der Waals surface area (Å²) < 4.78 is 0. The lowest BCUT2D eigenvalue weighted by atomic mass is 9.91. The van der Waals surface area contributed by atoms with Crippen LogP contribution < -0.4 is 5.73 Å². The van der Waals surface area contributed by atoms with Crippen LogP contribution in [-0.2, 0) is 25.9 Å². The number of hydrogen-bond acceptors (Lipinski definition) is 6. The van der Waals surface area contributed by atoms with E-state index in [0.29, 0.717) is 18.5 Å². The van der Waals surface area contributed by atoms with Crippen LogP contribution in [0, 0.1) is 0 Å². The van der Waals surface area contributed by atoms with Crippen LogP contribution >= 0.6 is 11.3 Å². The molecular formula is C38H37N5O3S. The Morgan fingerprint density at radius 1 is 0.723 bits per heavy atom. The Labute approximate surface area is 277 Å². The van der Waals surface area contributed by atoms with Crippen LogP contribution in [0.1, 0.15) is 22.3 Å². The zero-order valence-corrected chi connectivity index (χ0v) is 26.6. The molecule has 3 heterocycles. The van der Waals surface area contributed by atoms with E-state index in [1.54, 1.807) is 21.1 Å². The molecule has 0 aliphatic carbocycles. The number of amides is 2. The first-order chi connectivity index (χ1) is 22.9. The third-order valence-electron chi connectivity index (χ3n) is 9.08. The van der Waals surface area contributed by atoms with E-state index in [1.807, 2.05) is 109 Å². The van der Waals surface area contributed by atoms with Crippen molar-refractivity contribution >= 4 is 34.0 Å². The quantitative estimate of drug-likeness (QED) is 0.139. The van der Waals surface area contributed by atoms with Gasteiger partial charge in [-0.15, -0.1) is 0 Å². The molecule has 5 N–H and O–H groups in total. The summed E-state index contributed by atoms with van der Waals surface area (Å²) in [5.74, 6) is 0. The average molecular weight is 644 g/mol. The molecule has 2 aromatic heterocycles. The molecule has 8 nitrogen and oxygen atoms in total. The molecule has 47 heavy (non-hydrogen) atoms. The van der Waals surface area contributed by atoms with E-state index in [2.05, 4.69) is 21.6 Å². The first kappa shape index (κ1) is 30.7. The van der Waals surface area contributed by atoms with Crippen molar-refractivity contribution in [3.8, 4) is 11.3 Å². The number of aliphatic hydroxyl groups excluding tert-OH is 2. The van der Waals surface area contributed by atoms with Crippen molar-refractivity contribution in [3.05, 3.63) is 142 Å². The van der Waals surface area contributed by atoms with Crippen LogP contribution in [0.2, 0.25) is 0 Å². The molecule has 1 aliphatic rings. The highest BCUT2D eigenvalue weighted by Crippen LogP contribution is 2.32. The molecule has 4 atom stereocenters. The van der Waals surface area contributed by atoms with E-state index in [0.717, 1.165) is 44.4 Å². The summed E-state index contributed by atoms with van der Waals surface area (Å²) in [6.07, 6.45) is -1.66. The van der Waals surface area contributed by atoms with E-state index in [-0.39, 0.29) is 19.1 Å². The molecular weight excluding hydrogens is 607 g/mol. The Balaban J connectivity index is 1.32.